The molecule has 0 aliphatic carbocycles. The molecule has 1 aromatic rings. The number of aliphatic hydroxyl groups is 1. The number of β-amino-alcohol motifs (C(OH)–C–C–N with tert-alkyl or cyclic N) is 1. The molecule has 0 saturated carbocycles. The van der Waals surface area contributed by atoms with Gasteiger partial charge in [-0.1, -0.05) is 19.1 Å². The topological polar surface area (TPSA) is 32.7 Å². The maximum absolute atomic E-state index is 9.48. The Kier molecular flexibility index (Phi) is 4.40. The van der Waals surface area contributed by atoms with Crippen LogP contribution in [0, 0.1) is 0 Å². The van der Waals surface area contributed by atoms with Crippen molar-refractivity contribution in [1.82, 2.24) is 4.90 Å². The number of aliphatic hydroxyl groups excluding tert-OH is 1. The van der Waals surface area contributed by atoms with Crippen LogP contribution in [-0.4, -0.2) is 35.8 Å². The van der Waals surface area contributed by atoms with E-state index in [4.69, 9.17) is 4.74 Å². The Hall–Kier alpha value is -1.06. The van der Waals surface area contributed by atoms with Crippen LogP contribution >= 0.6 is 0 Å². The lowest BCUT2D eigenvalue weighted by Gasteiger charge is -2.15. The van der Waals surface area contributed by atoms with E-state index in [1.54, 1.807) is 0 Å². The molecule has 1 fully saturated rings. The molecule has 0 unspecified atom stereocenters. The number of hydrogen-bond donors (Lipinski definition) is 1. The molecule has 0 radical (unpaired) electrons. The molecular formula is C14H21NO2. The minimum absolute atomic E-state index is 0.144. The quantitative estimate of drug-likeness (QED) is 0.847. The average molecular weight is 235 g/mol. The summed E-state index contributed by atoms with van der Waals surface area (Å²) in [6, 6.07) is 8.24. The van der Waals surface area contributed by atoms with Crippen molar-refractivity contribution in [2.45, 2.75) is 32.4 Å². The van der Waals surface area contributed by atoms with Crippen molar-refractivity contribution in [3.63, 3.8) is 0 Å². The third kappa shape index (κ3) is 3.72. The van der Waals surface area contributed by atoms with Crippen molar-refractivity contribution in [3.8, 4) is 5.75 Å². The Morgan fingerprint density at radius 1 is 1.47 bits per heavy atom. The summed E-state index contributed by atoms with van der Waals surface area (Å²) in [6.07, 6.45) is 1.78. The standard InChI is InChI=1S/C14H21NO2/c1-2-8-17-14-5-3-4-12(9-14)10-15-7-6-13(16)11-15/h3-5,9,13,16H,2,6-8,10-11H2,1H3/t13-/m0/s1. The van der Waals surface area contributed by atoms with Crippen LogP contribution < -0.4 is 4.74 Å². The fourth-order valence-corrected chi connectivity index (χ4v) is 2.17. The summed E-state index contributed by atoms with van der Waals surface area (Å²) in [5.41, 5.74) is 1.26. The van der Waals surface area contributed by atoms with Crippen LogP contribution in [0.1, 0.15) is 25.3 Å². The molecule has 94 valence electrons. The highest BCUT2D eigenvalue weighted by molar-refractivity contribution is 5.28. The second-order valence-electron chi connectivity index (χ2n) is 4.67. The van der Waals surface area contributed by atoms with Crippen LogP contribution in [0.3, 0.4) is 0 Å². The molecule has 17 heavy (non-hydrogen) atoms. The Morgan fingerprint density at radius 3 is 3.06 bits per heavy atom. The van der Waals surface area contributed by atoms with Crippen molar-refractivity contribution < 1.29 is 9.84 Å². The molecule has 1 N–H and O–H groups in total. The third-order valence-electron chi connectivity index (χ3n) is 3.02. The number of ether oxygens (including phenoxy) is 1. The molecule has 1 saturated heterocycles. The molecule has 3 heteroatoms. The van der Waals surface area contributed by atoms with Crippen molar-refractivity contribution in [3.05, 3.63) is 29.8 Å². The van der Waals surface area contributed by atoms with Crippen LogP contribution in [0.25, 0.3) is 0 Å². The van der Waals surface area contributed by atoms with E-state index in [-0.39, 0.29) is 6.10 Å². The minimum Gasteiger partial charge on any atom is -0.494 e. The first-order valence-electron chi connectivity index (χ1n) is 6.40. The van der Waals surface area contributed by atoms with E-state index in [0.717, 1.165) is 44.8 Å². The van der Waals surface area contributed by atoms with E-state index in [1.807, 2.05) is 12.1 Å². The first kappa shape index (κ1) is 12.4. The summed E-state index contributed by atoms with van der Waals surface area (Å²) in [5.74, 6) is 0.948. The zero-order valence-electron chi connectivity index (χ0n) is 10.4. The Balaban J connectivity index is 1.91. The fraction of sp³-hybridized carbons (Fsp3) is 0.571. The van der Waals surface area contributed by atoms with Gasteiger partial charge in [-0.3, -0.25) is 4.90 Å². The van der Waals surface area contributed by atoms with E-state index in [1.165, 1.54) is 5.56 Å². The molecule has 3 nitrogen and oxygen atoms in total. The minimum atomic E-state index is -0.144. The fourth-order valence-electron chi connectivity index (χ4n) is 2.17. The molecule has 0 amide bonds. The van der Waals surface area contributed by atoms with Gasteiger partial charge >= 0.3 is 0 Å². The van der Waals surface area contributed by atoms with Gasteiger partial charge in [0.05, 0.1) is 12.7 Å². The lowest BCUT2D eigenvalue weighted by molar-refractivity contribution is 0.174. The van der Waals surface area contributed by atoms with Crippen LogP contribution in [0.15, 0.2) is 24.3 Å². The second kappa shape index (κ2) is 6.03. The molecule has 2 rings (SSSR count). The van der Waals surface area contributed by atoms with Crippen LogP contribution in [-0.2, 0) is 6.54 Å². The SMILES string of the molecule is CCCOc1cccc(CN2CC[C@H](O)C2)c1. The van der Waals surface area contributed by atoms with Gasteiger partial charge in [-0.15, -0.1) is 0 Å². The second-order valence-corrected chi connectivity index (χ2v) is 4.67. The summed E-state index contributed by atoms with van der Waals surface area (Å²) in [5, 5.41) is 9.48. The molecule has 1 atom stereocenters. The Bertz CT molecular complexity index is 354. The van der Waals surface area contributed by atoms with Gasteiger partial charge in [-0.2, -0.15) is 0 Å². The highest BCUT2D eigenvalue weighted by Gasteiger charge is 2.19. The van der Waals surface area contributed by atoms with Gasteiger partial charge in [0.1, 0.15) is 5.75 Å². The first-order valence-corrected chi connectivity index (χ1v) is 6.40. The zero-order chi connectivity index (χ0) is 12.1. The van der Waals surface area contributed by atoms with Crippen molar-refractivity contribution in [1.29, 1.82) is 0 Å². The molecule has 0 aromatic heterocycles. The highest BCUT2D eigenvalue weighted by Crippen LogP contribution is 2.17. The lowest BCUT2D eigenvalue weighted by Crippen LogP contribution is -2.21. The van der Waals surface area contributed by atoms with Gasteiger partial charge < -0.3 is 9.84 Å². The van der Waals surface area contributed by atoms with E-state index in [9.17, 15) is 5.11 Å². The van der Waals surface area contributed by atoms with Crippen LogP contribution in [0.4, 0.5) is 0 Å². The monoisotopic (exact) mass is 235 g/mol. The Labute approximate surface area is 103 Å². The number of hydrogen-bond acceptors (Lipinski definition) is 3. The summed E-state index contributed by atoms with van der Waals surface area (Å²) >= 11 is 0. The first-order chi connectivity index (χ1) is 8.28. The normalized spacial score (nSPS) is 20.7. The number of nitrogens with zero attached hydrogens (tertiary/aromatic N) is 1. The molecule has 0 spiro atoms. The molecule has 1 heterocycles. The van der Waals surface area contributed by atoms with Crippen LogP contribution in [0.5, 0.6) is 5.75 Å². The van der Waals surface area contributed by atoms with Gasteiger partial charge in [0.2, 0.25) is 0 Å². The molecule has 1 aliphatic heterocycles. The van der Waals surface area contributed by atoms with Gasteiger partial charge in [-0.25, -0.2) is 0 Å². The molecule has 0 bridgehead atoms. The largest absolute Gasteiger partial charge is 0.494 e. The van der Waals surface area contributed by atoms with Crippen molar-refractivity contribution in [2.75, 3.05) is 19.7 Å². The van der Waals surface area contributed by atoms with Gasteiger partial charge in [0.25, 0.3) is 0 Å². The van der Waals surface area contributed by atoms with E-state index in [2.05, 4.69) is 24.0 Å². The van der Waals surface area contributed by atoms with Gasteiger partial charge in [0, 0.05) is 19.6 Å². The maximum Gasteiger partial charge on any atom is 0.119 e. The lowest BCUT2D eigenvalue weighted by atomic mass is 10.2. The van der Waals surface area contributed by atoms with E-state index >= 15 is 0 Å². The third-order valence-corrected chi connectivity index (χ3v) is 3.02. The summed E-state index contributed by atoms with van der Waals surface area (Å²) in [6.45, 7) is 5.56. The van der Waals surface area contributed by atoms with Gasteiger partial charge in [-0.05, 0) is 30.5 Å². The van der Waals surface area contributed by atoms with E-state index < -0.39 is 0 Å². The number of benzene rings is 1. The van der Waals surface area contributed by atoms with E-state index in [0.29, 0.717) is 0 Å². The summed E-state index contributed by atoms with van der Waals surface area (Å²) in [7, 11) is 0. The highest BCUT2D eigenvalue weighted by atomic mass is 16.5. The molecular weight excluding hydrogens is 214 g/mol. The summed E-state index contributed by atoms with van der Waals surface area (Å²) in [4.78, 5) is 2.28. The number of rotatable bonds is 5. The zero-order valence-corrected chi connectivity index (χ0v) is 10.4. The molecule has 1 aliphatic rings. The van der Waals surface area contributed by atoms with Crippen LogP contribution in [0.2, 0.25) is 0 Å². The van der Waals surface area contributed by atoms with Crippen molar-refractivity contribution >= 4 is 0 Å². The average Bonchev–Trinajstić information content (AvgIpc) is 2.73. The molecule has 1 aromatic carbocycles. The Morgan fingerprint density at radius 2 is 2.35 bits per heavy atom. The van der Waals surface area contributed by atoms with Gasteiger partial charge in [0.15, 0.2) is 0 Å². The van der Waals surface area contributed by atoms with Crippen molar-refractivity contribution in [2.24, 2.45) is 0 Å². The predicted octanol–water partition coefficient (Wildman–Crippen LogP) is 2.04. The smallest absolute Gasteiger partial charge is 0.119 e. The number of likely N-dealkylation sites (tertiary alicyclic amines) is 1. The summed E-state index contributed by atoms with van der Waals surface area (Å²) < 4.78 is 5.61. The predicted molar refractivity (Wildman–Crippen MR) is 68.1 cm³/mol. The maximum atomic E-state index is 9.48.